The van der Waals surface area contributed by atoms with Crippen LogP contribution < -0.4 is 4.74 Å². The Kier molecular flexibility index (Phi) is 3.55. The highest BCUT2D eigenvalue weighted by Crippen LogP contribution is 2.31. The maximum Gasteiger partial charge on any atom is 0.309 e. The zero-order valence-electron chi connectivity index (χ0n) is 11.2. The summed E-state index contributed by atoms with van der Waals surface area (Å²) in [6.45, 7) is 3.92. The van der Waals surface area contributed by atoms with E-state index in [1.54, 1.807) is 13.3 Å². The average molecular weight is 260 g/mol. The molecule has 2 N–H and O–H groups in total. The molecule has 5 heteroatoms. The number of carboxylic acids is 1. The fraction of sp³-hybridized carbons (Fsp3) is 0.286. The minimum atomic E-state index is -0.881. The lowest BCUT2D eigenvalue weighted by molar-refractivity contribution is -0.136. The molecule has 0 fully saturated rings. The van der Waals surface area contributed by atoms with E-state index in [0.29, 0.717) is 5.69 Å². The SMILES string of the molecule is COc1cc(C)c(-c2cn[nH]c2CC(=O)O)cc1C. The van der Waals surface area contributed by atoms with Crippen molar-refractivity contribution in [2.24, 2.45) is 0 Å². The molecular formula is C14H16N2O3. The van der Waals surface area contributed by atoms with E-state index < -0.39 is 5.97 Å². The van der Waals surface area contributed by atoms with Crippen molar-refractivity contribution in [3.8, 4) is 16.9 Å². The van der Waals surface area contributed by atoms with Gasteiger partial charge in [-0.2, -0.15) is 5.10 Å². The van der Waals surface area contributed by atoms with Crippen LogP contribution in [0.25, 0.3) is 11.1 Å². The van der Waals surface area contributed by atoms with Crippen LogP contribution in [0.15, 0.2) is 18.3 Å². The van der Waals surface area contributed by atoms with Gasteiger partial charge >= 0.3 is 5.97 Å². The largest absolute Gasteiger partial charge is 0.496 e. The number of hydrogen-bond acceptors (Lipinski definition) is 3. The number of benzene rings is 1. The Labute approximate surface area is 111 Å². The van der Waals surface area contributed by atoms with Gasteiger partial charge in [0, 0.05) is 5.56 Å². The maximum atomic E-state index is 10.8. The molecular weight excluding hydrogens is 244 g/mol. The van der Waals surface area contributed by atoms with Gasteiger partial charge in [-0.1, -0.05) is 0 Å². The first kappa shape index (κ1) is 13.1. The molecule has 0 unspecified atom stereocenters. The van der Waals surface area contributed by atoms with E-state index in [1.165, 1.54) is 0 Å². The van der Waals surface area contributed by atoms with E-state index in [9.17, 15) is 4.79 Å². The van der Waals surface area contributed by atoms with Crippen LogP contribution in [0.1, 0.15) is 16.8 Å². The van der Waals surface area contributed by atoms with Gasteiger partial charge < -0.3 is 9.84 Å². The van der Waals surface area contributed by atoms with Gasteiger partial charge in [-0.05, 0) is 42.7 Å². The second kappa shape index (κ2) is 5.14. The number of carbonyl (C=O) groups is 1. The third-order valence-electron chi connectivity index (χ3n) is 3.08. The number of rotatable bonds is 4. The van der Waals surface area contributed by atoms with Crippen molar-refractivity contribution >= 4 is 5.97 Å². The van der Waals surface area contributed by atoms with E-state index in [-0.39, 0.29) is 6.42 Å². The van der Waals surface area contributed by atoms with Crippen LogP contribution in [0.5, 0.6) is 5.75 Å². The van der Waals surface area contributed by atoms with E-state index in [2.05, 4.69) is 10.2 Å². The lowest BCUT2D eigenvalue weighted by Crippen LogP contribution is -2.02. The summed E-state index contributed by atoms with van der Waals surface area (Å²) in [4.78, 5) is 10.8. The van der Waals surface area contributed by atoms with Crippen molar-refractivity contribution in [1.29, 1.82) is 0 Å². The van der Waals surface area contributed by atoms with Gasteiger partial charge in [0.2, 0.25) is 0 Å². The van der Waals surface area contributed by atoms with E-state index in [1.807, 2.05) is 26.0 Å². The second-order valence-corrected chi connectivity index (χ2v) is 4.47. The predicted molar refractivity (Wildman–Crippen MR) is 71.4 cm³/mol. The molecule has 19 heavy (non-hydrogen) atoms. The second-order valence-electron chi connectivity index (χ2n) is 4.47. The Morgan fingerprint density at radius 3 is 2.68 bits per heavy atom. The quantitative estimate of drug-likeness (QED) is 0.884. The molecule has 0 saturated carbocycles. The highest BCUT2D eigenvalue weighted by Gasteiger charge is 2.14. The smallest absolute Gasteiger partial charge is 0.309 e. The summed E-state index contributed by atoms with van der Waals surface area (Å²) in [7, 11) is 1.63. The van der Waals surface area contributed by atoms with E-state index >= 15 is 0 Å². The Bertz CT molecular complexity index is 617. The number of nitrogens with zero attached hydrogens (tertiary/aromatic N) is 1. The van der Waals surface area contributed by atoms with Crippen molar-refractivity contribution in [3.05, 3.63) is 35.2 Å². The number of hydrogen-bond donors (Lipinski definition) is 2. The highest BCUT2D eigenvalue weighted by atomic mass is 16.5. The van der Waals surface area contributed by atoms with Crippen LogP contribution >= 0.6 is 0 Å². The minimum absolute atomic E-state index is 0.0696. The van der Waals surface area contributed by atoms with Crippen LogP contribution in [0.4, 0.5) is 0 Å². The number of nitrogens with one attached hydrogen (secondary N) is 1. The third kappa shape index (κ3) is 2.59. The highest BCUT2D eigenvalue weighted by molar-refractivity contribution is 5.77. The monoisotopic (exact) mass is 260 g/mol. The molecule has 5 nitrogen and oxygen atoms in total. The molecule has 0 bridgehead atoms. The van der Waals surface area contributed by atoms with Crippen LogP contribution in [-0.2, 0) is 11.2 Å². The third-order valence-corrected chi connectivity index (χ3v) is 3.08. The van der Waals surface area contributed by atoms with Gasteiger partial charge in [0.15, 0.2) is 0 Å². The Morgan fingerprint density at radius 2 is 2.05 bits per heavy atom. The Morgan fingerprint density at radius 1 is 1.32 bits per heavy atom. The van der Waals surface area contributed by atoms with Crippen molar-refractivity contribution in [3.63, 3.8) is 0 Å². The molecule has 0 amide bonds. The molecule has 100 valence electrons. The molecule has 0 aliphatic heterocycles. The number of aromatic amines is 1. The summed E-state index contributed by atoms with van der Waals surface area (Å²) < 4.78 is 5.28. The summed E-state index contributed by atoms with van der Waals surface area (Å²) in [6, 6.07) is 3.94. The first-order chi connectivity index (χ1) is 9.02. The van der Waals surface area contributed by atoms with E-state index in [0.717, 1.165) is 28.0 Å². The molecule has 1 heterocycles. The average Bonchev–Trinajstić information content (AvgIpc) is 2.78. The van der Waals surface area contributed by atoms with Gasteiger partial charge in [0.25, 0.3) is 0 Å². The summed E-state index contributed by atoms with van der Waals surface area (Å²) in [5.74, 6) is -0.0575. The Balaban J connectivity index is 2.50. The zero-order chi connectivity index (χ0) is 14.0. The van der Waals surface area contributed by atoms with E-state index in [4.69, 9.17) is 9.84 Å². The van der Waals surface area contributed by atoms with Gasteiger partial charge in [-0.3, -0.25) is 9.89 Å². The molecule has 0 spiro atoms. The van der Waals surface area contributed by atoms with Crippen LogP contribution in [0.3, 0.4) is 0 Å². The van der Waals surface area contributed by atoms with Crippen LogP contribution in [0, 0.1) is 13.8 Å². The topological polar surface area (TPSA) is 75.2 Å². The summed E-state index contributed by atoms with van der Waals surface area (Å²) in [5.41, 5.74) is 4.44. The molecule has 0 radical (unpaired) electrons. The fourth-order valence-electron chi connectivity index (χ4n) is 2.13. The van der Waals surface area contributed by atoms with Crippen molar-refractivity contribution in [1.82, 2.24) is 10.2 Å². The summed E-state index contributed by atoms with van der Waals surface area (Å²) in [5, 5.41) is 15.6. The lowest BCUT2D eigenvalue weighted by atomic mass is 9.97. The number of carboxylic acid groups (broad SMARTS) is 1. The molecule has 0 saturated heterocycles. The molecule has 1 aromatic carbocycles. The first-order valence-corrected chi connectivity index (χ1v) is 5.92. The fourth-order valence-corrected chi connectivity index (χ4v) is 2.13. The molecule has 1 aromatic heterocycles. The number of methoxy groups -OCH3 is 1. The summed E-state index contributed by atoms with van der Waals surface area (Å²) in [6.07, 6.45) is 1.59. The molecule has 0 aliphatic carbocycles. The lowest BCUT2D eigenvalue weighted by Gasteiger charge is -2.11. The molecule has 2 rings (SSSR count). The number of aliphatic carboxylic acids is 1. The van der Waals surface area contributed by atoms with Crippen molar-refractivity contribution in [2.75, 3.05) is 7.11 Å². The predicted octanol–water partition coefficient (Wildman–Crippen LogP) is 2.33. The van der Waals surface area contributed by atoms with Crippen molar-refractivity contribution in [2.45, 2.75) is 20.3 Å². The normalized spacial score (nSPS) is 10.5. The van der Waals surface area contributed by atoms with Gasteiger partial charge in [0.05, 0.1) is 25.4 Å². The molecule has 0 atom stereocenters. The van der Waals surface area contributed by atoms with Gasteiger partial charge in [0.1, 0.15) is 5.75 Å². The standard InChI is InChI=1S/C14H16N2O3/c1-8-5-13(19-3)9(2)4-10(8)11-7-15-16-12(11)6-14(17)18/h4-5,7H,6H2,1-3H3,(H,15,16)(H,17,18). The molecule has 2 aromatic rings. The Hall–Kier alpha value is -2.30. The van der Waals surface area contributed by atoms with Crippen molar-refractivity contribution < 1.29 is 14.6 Å². The van der Waals surface area contributed by atoms with Gasteiger partial charge in [-0.15, -0.1) is 0 Å². The number of aromatic nitrogens is 2. The maximum absolute atomic E-state index is 10.8. The summed E-state index contributed by atoms with van der Waals surface area (Å²) >= 11 is 0. The first-order valence-electron chi connectivity index (χ1n) is 5.92. The number of ether oxygens (including phenoxy) is 1. The minimum Gasteiger partial charge on any atom is -0.496 e. The van der Waals surface area contributed by atoms with Gasteiger partial charge in [-0.25, -0.2) is 0 Å². The molecule has 0 aliphatic rings. The number of H-pyrrole nitrogens is 1. The van der Waals surface area contributed by atoms with Crippen LogP contribution in [0.2, 0.25) is 0 Å². The van der Waals surface area contributed by atoms with Crippen LogP contribution in [-0.4, -0.2) is 28.4 Å². The number of aryl methyl sites for hydroxylation is 2. The zero-order valence-corrected chi connectivity index (χ0v) is 11.2.